The van der Waals surface area contributed by atoms with Gasteiger partial charge < -0.3 is 15.0 Å². The maximum atomic E-state index is 11.8. The van der Waals surface area contributed by atoms with E-state index in [0.717, 1.165) is 5.56 Å². The molecule has 0 aliphatic carbocycles. The topological polar surface area (TPSA) is 58.6 Å². The van der Waals surface area contributed by atoms with Crippen LogP contribution in [0.25, 0.3) is 0 Å². The Bertz CT molecular complexity index is 420. The number of carbonyl (C=O) groups excluding carboxylic acids is 2. The number of hydrogen-bond donors (Lipinski definition) is 1. The van der Waals surface area contributed by atoms with Gasteiger partial charge >= 0.3 is 11.8 Å². The molecule has 5 heteroatoms. The van der Waals surface area contributed by atoms with Crippen LogP contribution in [0.5, 0.6) is 0 Å². The van der Waals surface area contributed by atoms with Crippen molar-refractivity contribution in [2.45, 2.75) is 19.9 Å². The lowest BCUT2D eigenvalue weighted by molar-refractivity contribution is -0.145. The number of carbonyl (C=O) groups is 2. The Morgan fingerprint density at radius 1 is 1.25 bits per heavy atom. The SMILES string of the molecule is CCOCCCNC(=O)C(=O)N(C)Cc1ccccc1. The largest absolute Gasteiger partial charge is 0.382 e. The van der Waals surface area contributed by atoms with E-state index in [1.165, 1.54) is 4.90 Å². The molecule has 110 valence electrons. The summed E-state index contributed by atoms with van der Waals surface area (Å²) in [6.45, 7) is 4.04. The van der Waals surface area contributed by atoms with Crippen LogP contribution >= 0.6 is 0 Å². The summed E-state index contributed by atoms with van der Waals surface area (Å²) in [6, 6.07) is 9.56. The minimum absolute atomic E-state index is 0.423. The van der Waals surface area contributed by atoms with Crippen LogP contribution in [0.2, 0.25) is 0 Å². The van der Waals surface area contributed by atoms with E-state index < -0.39 is 11.8 Å². The molecule has 0 aliphatic rings. The molecule has 0 aliphatic heterocycles. The average molecular weight is 278 g/mol. The highest BCUT2D eigenvalue weighted by atomic mass is 16.5. The molecule has 0 fully saturated rings. The molecule has 0 saturated heterocycles. The van der Waals surface area contributed by atoms with Gasteiger partial charge in [0.15, 0.2) is 0 Å². The van der Waals surface area contributed by atoms with Gasteiger partial charge in [0.25, 0.3) is 0 Å². The van der Waals surface area contributed by atoms with Crippen molar-refractivity contribution in [2.24, 2.45) is 0 Å². The second-order valence-electron chi connectivity index (χ2n) is 4.45. The summed E-state index contributed by atoms with van der Waals surface area (Å²) in [7, 11) is 1.62. The summed E-state index contributed by atoms with van der Waals surface area (Å²) in [5.41, 5.74) is 0.993. The molecule has 0 atom stereocenters. The highest BCUT2D eigenvalue weighted by Gasteiger charge is 2.17. The predicted octanol–water partition coefficient (Wildman–Crippen LogP) is 1.19. The van der Waals surface area contributed by atoms with Crippen molar-refractivity contribution in [3.05, 3.63) is 35.9 Å². The van der Waals surface area contributed by atoms with Crippen LogP contribution in [0.3, 0.4) is 0 Å². The molecule has 20 heavy (non-hydrogen) atoms. The molecular weight excluding hydrogens is 256 g/mol. The van der Waals surface area contributed by atoms with E-state index in [4.69, 9.17) is 4.74 Å². The van der Waals surface area contributed by atoms with Gasteiger partial charge in [-0.3, -0.25) is 9.59 Å². The Balaban J connectivity index is 2.31. The maximum absolute atomic E-state index is 11.8. The fraction of sp³-hybridized carbons (Fsp3) is 0.467. The van der Waals surface area contributed by atoms with E-state index in [1.807, 2.05) is 37.3 Å². The van der Waals surface area contributed by atoms with E-state index in [0.29, 0.717) is 32.7 Å². The van der Waals surface area contributed by atoms with Crippen LogP contribution in [0.15, 0.2) is 30.3 Å². The smallest absolute Gasteiger partial charge is 0.311 e. The first kappa shape index (κ1) is 16.2. The van der Waals surface area contributed by atoms with Crippen LogP contribution in [0.1, 0.15) is 18.9 Å². The summed E-state index contributed by atoms with van der Waals surface area (Å²) < 4.78 is 5.16. The predicted molar refractivity (Wildman–Crippen MR) is 77.0 cm³/mol. The maximum Gasteiger partial charge on any atom is 0.311 e. The Morgan fingerprint density at radius 3 is 2.60 bits per heavy atom. The minimum Gasteiger partial charge on any atom is -0.382 e. The zero-order valence-electron chi connectivity index (χ0n) is 12.1. The van der Waals surface area contributed by atoms with Crippen LogP contribution < -0.4 is 5.32 Å². The van der Waals surface area contributed by atoms with E-state index in [9.17, 15) is 9.59 Å². The van der Waals surface area contributed by atoms with Crippen molar-refractivity contribution < 1.29 is 14.3 Å². The molecule has 1 N–H and O–H groups in total. The number of hydrogen-bond acceptors (Lipinski definition) is 3. The molecule has 2 amide bonds. The van der Waals surface area contributed by atoms with Gasteiger partial charge in [0.1, 0.15) is 0 Å². The number of amides is 2. The van der Waals surface area contributed by atoms with E-state index in [-0.39, 0.29) is 0 Å². The van der Waals surface area contributed by atoms with E-state index >= 15 is 0 Å². The third kappa shape index (κ3) is 5.84. The Labute approximate surface area is 119 Å². The van der Waals surface area contributed by atoms with Crippen molar-refractivity contribution in [3.63, 3.8) is 0 Å². The highest BCUT2D eigenvalue weighted by Crippen LogP contribution is 2.02. The molecule has 0 spiro atoms. The van der Waals surface area contributed by atoms with Crippen molar-refractivity contribution in [1.82, 2.24) is 10.2 Å². The molecule has 5 nitrogen and oxygen atoms in total. The van der Waals surface area contributed by atoms with Gasteiger partial charge in [-0.15, -0.1) is 0 Å². The number of ether oxygens (including phenoxy) is 1. The van der Waals surface area contributed by atoms with Crippen LogP contribution in [-0.2, 0) is 20.9 Å². The Morgan fingerprint density at radius 2 is 1.95 bits per heavy atom. The van der Waals surface area contributed by atoms with Gasteiger partial charge in [-0.05, 0) is 18.9 Å². The lowest BCUT2D eigenvalue weighted by Gasteiger charge is -2.16. The summed E-state index contributed by atoms with van der Waals surface area (Å²) >= 11 is 0. The number of nitrogens with one attached hydrogen (secondary N) is 1. The summed E-state index contributed by atoms with van der Waals surface area (Å²) in [4.78, 5) is 24.9. The quantitative estimate of drug-likeness (QED) is 0.602. The van der Waals surface area contributed by atoms with E-state index in [2.05, 4.69) is 5.32 Å². The lowest BCUT2D eigenvalue weighted by Crippen LogP contribution is -2.41. The lowest BCUT2D eigenvalue weighted by atomic mass is 10.2. The molecule has 0 radical (unpaired) electrons. The molecule has 0 aromatic heterocycles. The zero-order valence-corrected chi connectivity index (χ0v) is 12.1. The monoisotopic (exact) mass is 278 g/mol. The third-order valence-electron chi connectivity index (χ3n) is 2.76. The molecule has 0 heterocycles. The first-order valence-corrected chi connectivity index (χ1v) is 6.80. The Hall–Kier alpha value is -1.88. The van der Waals surface area contributed by atoms with Crippen molar-refractivity contribution in [2.75, 3.05) is 26.8 Å². The highest BCUT2D eigenvalue weighted by molar-refractivity contribution is 6.34. The summed E-state index contributed by atoms with van der Waals surface area (Å²) in [5.74, 6) is -1.09. The molecule has 1 rings (SSSR count). The van der Waals surface area contributed by atoms with Crippen molar-refractivity contribution in [3.8, 4) is 0 Å². The molecule has 0 unspecified atom stereocenters. The molecule has 0 saturated carbocycles. The van der Waals surface area contributed by atoms with Gasteiger partial charge in [-0.2, -0.15) is 0 Å². The second kappa shape index (κ2) is 9.09. The molecule has 0 bridgehead atoms. The van der Waals surface area contributed by atoms with Gasteiger partial charge in [0, 0.05) is 33.4 Å². The van der Waals surface area contributed by atoms with Crippen LogP contribution in [0, 0.1) is 0 Å². The first-order chi connectivity index (χ1) is 9.65. The number of benzene rings is 1. The Kier molecular flexibility index (Phi) is 7.35. The standard InChI is InChI=1S/C15H22N2O3/c1-3-20-11-7-10-16-14(18)15(19)17(2)12-13-8-5-4-6-9-13/h4-6,8-9H,3,7,10-12H2,1-2H3,(H,16,18). The third-order valence-corrected chi connectivity index (χ3v) is 2.76. The molecular formula is C15H22N2O3. The van der Waals surface area contributed by atoms with Gasteiger partial charge in [0.05, 0.1) is 0 Å². The summed E-state index contributed by atoms with van der Waals surface area (Å²) in [5, 5.41) is 2.60. The van der Waals surface area contributed by atoms with Gasteiger partial charge in [-0.25, -0.2) is 0 Å². The van der Waals surface area contributed by atoms with Crippen molar-refractivity contribution >= 4 is 11.8 Å². The minimum atomic E-state index is -0.570. The first-order valence-electron chi connectivity index (χ1n) is 6.80. The fourth-order valence-corrected chi connectivity index (χ4v) is 1.70. The van der Waals surface area contributed by atoms with Crippen molar-refractivity contribution in [1.29, 1.82) is 0 Å². The van der Waals surface area contributed by atoms with Gasteiger partial charge in [-0.1, -0.05) is 30.3 Å². The fourth-order valence-electron chi connectivity index (χ4n) is 1.70. The zero-order chi connectivity index (χ0) is 14.8. The van der Waals surface area contributed by atoms with E-state index in [1.54, 1.807) is 7.05 Å². The second-order valence-corrected chi connectivity index (χ2v) is 4.45. The van der Waals surface area contributed by atoms with Gasteiger partial charge in [0.2, 0.25) is 0 Å². The normalized spacial score (nSPS) is 10.1. The summed E-state index contributed by atoms with van der Waals surface area (Å²) in [6.07, 6.45) is 0.704. The van der Waals surface area contributed by atoms with Crippen LogP contribution in [0.4, 0.5) is 0 Å². The number of nitrogens with zero attached hydrogens (tertiary/aromatic N) is 1. The molecule has 1 aromatic carbocycles. The van der Waals surface area contributed by atoms with Crippen LogP contribution in [-0.4, -0.2) is 43.5 Å². The molecule has 1 aromatic rings. The number of rotatable bonds is 7. The average Bonchev–Trinajstić information content (AvgIpc) is 2.47. The number of likely N-dealkylation sites (N-methyl/N-ethyl adjacent to an activating group) is 1.